The average Bonchev–Trinajstić information content (AvgIpc) is 2.94. The zero-order valence-electron chi connectivity index (χ0n) is 10.3. The summed E-state index contributed by atoms with van der Waals surface area (Å²) in [6.45, 7) is 0.0952. The van der Waals surface area contributed by atoms with E-state index in [0.717, 1.165) is 0 Å². The van der Waals surface area contributed by atoms with Crippen LogP contribution in [-0.2, 0) is 6.61 Å². The van der Waals surface area contributed by atoms with E-state index in [-0.39, 0.29) is 12.4 Å². The highest BCUT2D eigenvalue weighted by Crippen LogP contribution is 2.26. The number of carbonyl (C=O) groups excluding carboxylic acids is 2. The SMILES string of the molecule is NNC(=O)c1ccc(COc2ccc(C=O)cc2Cl)o1. The van der Waals surface area contributed by atoms with E-state index in [9.17, 15) is 9.59 Å². The van der Waals surface area contributed by atoms with E-state index >= 15 is 0 Å². The van der Waals surface area contributed by atoms with Gasteiger partial charge < -0.3 is 9.15 Å². The van der Waals surface area contributed by atoms with Crippen LogP contribution in [0.3, 0.4) is 0 Å². The number of rotatable bonds is 5. The Hall–Kier alpha value is -2.31. The number of furan rings is 1. The molecule has 2 rings (SSSR count). The van der Waals surface area contributed by atoms with Gasteiger partial charge >= 0.3 is 5.91 Å². The smallest absolute Gasteiger partial charge is 0.300 e. The largest absolute Gasteiger partial charge is 0.484 e. The Labute approximate surface area is 119 Å². The fourth-order valence-electron chi connectivity index (χ4n) is 1.50. The maximum atomic E-state index is 11.2. The quantitative estimate of drug-likeness (QED) is 0.380. The lowest BCUT2D eigenvalue weighted by atomic mass is 10.2. The second-order valence-corrected chi connectivity index (χ2v) is 4.24. The van der Waals surface area contributed by atoms with E-state index < -0.39 is 5.91 Å². The van der Waals surface area contributed by atoms with Gasteiger partial charge in [-0.05, 0) is 30.3 Å². The van der Waals surface area contributed by atoms with Gasteiger partial charge in [0.15, 0.2) is 5.76 Å². The summed E-state index contributed by atoms with van der Waals surface area (Å²) in [5.74, 6) is 5.42. The van der Waals surface area contributed by atoms with Crippen molar-refractivity contribution in [3.63, 3.8) is 0 Å². The van der Waals surface area contributed by atoms with Crippen LogP contribution in [0.15, 0.2) is 34.7 Å². The summed E-state index contributed by atoms with van der Waals surface area (Å²) in [4.78, 5) is 21.8. The standard InChI is InChI=1S/C13H11ClN2O4/c14-10-5-8(6-17)1-3-11(10)19-7-9-2-4-12(20-9)13(18)16-15/h1-6H,7,15H2,(H,16,18). The van der Waals surface area contributed by atoms with Crippen LogP contribution in [-0.4, -0.2) is 12.2 Å². The molecule has 0 fully saturated rings. The van der Waals surface area contributed by atoms with Crippen LogP contribution in [0.1, 0.15) is 26.7 Å². The number of hydrogen-bond donors (Lipinski definition) is 2. The molecule has 0 aliphatic heterocycles. The van der Waals surface area contributed by atoms with E-state index in [2.05, 4.69) is 0 Å². The van der Waals surface area contributed by atoms with Crippen molar-refractivity contribution in [2.24, 2.45) is 5.84 Å². The van der Waals surface area contributed by atoms with E-state index in [1.807, 2.05) is 5.43 Å². The second-order valence-electron chi connectivity index (χ2n) is 3.84. The number of hydrazine groups is 1. The number of amides is 1. The van der Waals surface area contributed by atoms with Gasteiger partial charge in [0.25, 0.3) is 0 Å². The average molecular weight is 295 g/mol. The molecule has 0 spiro atoms. The molecule has 0 radical (unpaired) electrons. The van der Waals surface area contributed by atoms with E-state index in [0.29, 0.717) is 28.4 Å². The van der Waals surface area contributed by atoms with Crippen molar-refractivity contribution in [2.45, 2.75) is 6.61 Å². The van der Waals surface area contributed by atoms with Crippen molar-refractivity contribution in [1.29, 1.82) is 0 Å². The fraction of sp³-hybridized carbons (Fsp3) is 0.0769. The number of nitrogen functional groups attached to an aromatic ring is 1. The first-order valence-electron chi connectivity index (χ1n) is 5.61. The highest BCUT2D eigenvalue weighted by Gasteiger charge is 2.10. The van der Waals surface area contributed by atoms with Crippen molar-refractivity contribution in [3.05, 3.63) is 52.4 Å². The summed E-state index contributed by atoms with van der Waals surface area (Å²) in [5, 5.41) is 0.320. The number of nitrogens with one attached hydrogen (secondary N) is 1. The Morgan fingerprint density at radius 1 is 1.40 bits per heavy atom. The molecule has 2 aromatic rings. The van der Waals surface area contributed by atoms with Crippen molar-refractivity contribution in [3.8, 4) is 5.75 Å². The molecule has 0 atom stereocenters. The number of ether oxygens (including phenoxy) is 1. The van der Waals surface area contributed by atoms with Crippen LogP contribution in [0.2, 0.25) is 5.02 Å². The van der Waals surface area contributed by atoms with Crippen molar-refractivity contribution in [2.75, 3.05) is 0 Å². The maximum Gasteiger partial charge on any atom is 0.300 e. The monoisotopic (exact) mass is 294 g/mol. The Bertz CT molecular complexity index is 639. The van der Waals surface area contributed by atoms with Crippen molar-refractivity contribution in [1.82, 2.24) is 5.43 Å². The predicted octanol–water partition coefficient (Wildman–Crippen LogP) is 1.93. The summed E-state index contributed by atoms with van der Waals surface area (Å²) in [5.41, 5.74) is 2.42. The third-order valence-electron chi connectivity index (χ3n) is 2.48. The number of benzene rings is 1. The molecule has 1 heterocycles. The minimum absolute atomic E-state index is 0.0912. The van der Waals surface area contributed by atoms with Gasteiger partial charge in [0, 0.05) is 5.56 Å². The minimum atomic E-state index is -0.524. The van der Waals surface area contributed by atoms with Crippen molar-refractivity contribution >= 4 is 23.8 Å². The highest BCUT2D eigenvalue weighted by atomic mass is 35.5. The molecule has 1 amide bonds. The molecule has 0 saturated heterocycles. The lowest BCUT2D eigenvalue weighted by Gasteiger charge is -2.06. The molecule has 20 heavy (non-hydrogen) atoms. The molecule has 0 saturated carbocycles. The molecule has 1 aromatic heterocycles. The molecule has 3 N–H and O–H groups in total. The van der Waals surface area contributed by atoms with Crippen LogP contribution >= 0.6 is 11.6 Å². The number of hydrogen-bond acceptors (Lipinski definition) is 5. The Kier molecular flexibility index (Phi) is 4.39. The topological polar surface area (TPSA) is 94.6 Å². The summed E-state index contributed by atoms with van der Waals surface area (Å²) >= 11 is 5.96. The van der Waals surface area contributed by atoms with Gasteiger partial charge in [0.05, 0.1) is 5.02 Å². The molecule has 0 aliphatic rings. The third-order valence-corrected chi connectivity index (χ3v) is 2.77. The minimum Gasteiger partial charge on any atom is -0.484 e. The highest BCUT2D eigenvalue weighted by molar-refractivity contribution is 6.32. The van der Waals surface area contributed by atoms with Gasteiger partial charge in [-0.15, -0.1) is 0 Å². The molecular weight excluding hydrogens is 284 g/mol. The maximum absolute atomic E-state index is 11.2. The van der Waals surface area contributed by atoms with Crippen LogP contribution < -0.4 is 16.0 Å². The molecule has 0 bridgehead atoms. The third kappa shape index (κ3) is 3.17. The molecular formula is C13H11ClN2O4. The molecule has 6 nitrogen and oxygen atoms in total. The molecule has 1 aromatic carbocycles. The summed E-state index contributed by atoms with van der Waals surface area (Å²) in [6, 6.07) is 7.75. The van der Waals surface area contributed by atoms with Gasteiger partial charge in [-0.1, -0.05) is 11.6 Å². The lowest BCUT2D eigenvalue weighted by Crippen LogP contribution is -2.29. The number of carbonyl (C=O) groups is 2. The van der Waals surface area contributed by atoms with Gasteiger partial charge in [0.2, 0.25) is 0 Å². The Balaban J connectivity index is 2.03. The summed E-state index contributed by atoms with van der Waals surface area (Å²) in [6.07, 6.45) is 0.694. The predicted molar refractivity (Wildman–Crippen MR) is 71.5 cm³/mol. The normalized spacial score (nSPS) is 10.1. The summed E-state index contributed by atoms with van der Waals surface area (Å²) < 4.78 is 10.7. The van der Waals surface area contributed by atoms with Gasteiger partial charge in [-0.25, -0.2) is 5.84 Å². The van der Waals surface area contributed by atoms with Gasteiger partial charge in [-0.2, -0.15) is 0 Å². The Morgan fingerprint density at radius 2 is 2.20 bits per heavy atom. The van der Waals surface area contributed by atoms with E-state index in [1.54, 1.807) is 18.2 Å². The van der Waals surface area contributed by atoms with Crippen LogP contribution in [0.5, 0.6) is 5.75 Å². The first-order valence-corrected chi connectivity index (χ1v) is 5.99. The van der Waals surface area contributed by atoms with Gasteiger partial charge in [-0.3, -0.25) is 15.0 Å². The summed E-state index contributed by atoms with van der Waals surface area (Å²) in [7, 11) is 0. The molecule has 104 valence electrons. The van der Waals surface area contributed by atoms with Gasteiger partial charge in [0.1, 0.15) is 24.4 Å². The molecule has 0 unspecified atom stereocenters. The number of aldehydes is 1. The van der Waals surface area contributed by atoms with E-state index in [4.69, 9.17) is 26.6 Å². The Morgan fingerprint density at radius 3 is 2.85 bits per heavy atom. The first kappa shape index (κ1) is 14.1. The van der Waals surface area contributed by atoms with E-state index in [1.165, 1.54) is 12.1 Å². The lowest BCUT2D eigenvalue weighted by molar-refractivity contribution is 0.0921. The second kappa shape index (κ2) is 6.23. The number of nitrogens with two attached hydrogens (primary N) is 1. The fourth-order valence-corrected chi connectivity index (χ4v) is 1.75. The molecule has 0 aliphatic carbocycles. The zero-order chi connectivity index (χ0) is 14.5. The van der Waals surface area contributed by atoms with Crippen molar-refractivity contribution < 1.29 is 18.7 Å². The molecule has 7 heteroatoms. The van der Waals surface area contributed by atoms with Crippen LogP contribution in [0.25, 0.3) is 0 Å². The van der Waals surface area contributed by atoms with Crippen LogP contribution in [0, 0.1) is 0 Å². The van der Waals surface area contributed by atoms with Crippen LogP contribution in [0.4, 0.5) is 0 Å². The number of halogens is 1. The first-order chi connectivity index (χ1) is 9.63. The zero-order valence-corrected chi connectivity index (χ0v) is 11.0.